The third kappa shape index (κ3) is 2.42. The van der Waals surface area contributed by atoms with Crippen LogP contribution in [0.15, 0.2) is 72.8 Å². The van der Waals surface area contributed by atoms with E-state index in [2.05, 4.69) is 98.0 Å². The molecule has 3 heteroatoms. The number of fused-ring (bicyclic) bond motifs is 1. The van der Waals surface area contributed by atoms with Crippen molar-refractivity contribution in [3.63, 3.8) is 0 Å². The molecular formula is C26H21N2P. The van der Waals surface area contributed by atoms with Crippen LogP contribution in [0.25, 0.3) is 48.8 Å². The second kappa shape index (κ2) is 5.78. The Kier molecular flexibility index (Phi) is 3.38. The van der Waals surface area contributed by atoms with Crippen LogP contribution in [0.4, 0.5) is 0 Å². The molecule has 29 heavy (non-hydrogen) atoms. The van der Waals surface area contributed by atoms with E-state index in [9.17, 15) is 0 Å². The first-order valence-electron chi connectivity index (χ1n) is 10.0. The summed E-state index contributed by atoms with van der Waals surface area (Å²) in [5.74, 6) is 0. The molecule has 0 bridgehead atoms. The van der Waals surface area contributed by atoms with Gasteiger partial charge in [-0.1, -0.05) is 75.4 Å². The molecule has 0 spiro atoms. The molecule has 0 saturated carbocycles. The van der Waals surface area contributed by atoms with Crippen molar-refractivity contribution in [1.29, 1.82) is 0 Å². The molecule has 140 valence electrons. The van der Waals surface area contributed by atoms with Gasteiger partial charge in [-0.25, -0.2) is 4.98 Å². The van der Waals surface area contributed by atoms with Gasteiger partial charge in [0.25, 0.3) is 0 Å². The van der Waals surface area contributed by atoms with Crippen LogP contribution in [0.2, 0.25) is 0 Å². The lowest BCUT2D eigenvalue weighted by atomic mass is 9.92. The van der Waals surface area contributed by atoms with Gasteiger partial charge in [-0.15, -0.1) is 0 Å². The fourth-order valence-electron chi connectivity index (χ4n) is 4.38. The number of para-hydroxylation sites is 1. The zero-order chi connectivity index (χ0) is 19.8. The summed E-state index contributed by atoms with van der Waals surface area (Å²) in [6.07, 6.45) is 0. The van der Waals surface area contributed by atoms with E-state index in [-0.39, 0.29) is 5.41 Å². The molecule has 6 aromatic rings. The highest BCUT2D eigenvalue weighted by Gasteiger charge is 2.24. The molecule has 3 aromatic heterocycles. The minimum absolute atomic E-state index is 0.0128. The van der Waals surface area contributed by atoms with Crippen LogP contribution in [-0.4, -0.2) is 9.38 Å². The van der Waals surface area contributed by atoms with Crippen LogP contribution in [0.1, 0.15) is 26.5 Å². The Bertz CT molecular complexity index is 1540. The van der Waals surface area contributed by atoms with Crippen molar-refractivity contribution in [2.45, 2.75) is 26.2 Å². The SMILES string of the molecule is CC(C)(C)c1nc2cccc3ccc4c(-c5ccc6ccccc6c5)pc1n4c32. The number of hydrogen-bond acceptors (Lipinski definition) is 1. The zero-order valence-corrected chi connectivity index (χ0v) is 17.7. The van der Waals surface area contributed by atoms with Gasteiger partial charge in [0.05, 0.1) is 27.5 Å². The molecule has 6 rings (SSSR count). The minimum Gasteiger partial charge on any atom is -0.301 e. The molecule has 0 unspecified atom stereocenters. The molecule has 3 aromatic carbocycles. The van der Waals surface area contributed by atoms with Crippen LogP contribution in [-0.2, 0) is 5.41 Å². The van der Waals surface area contributed by atoms with Gasteiger partial charge in [0, 0.05) is 16.1 Å². The van der Waals surface area contributed by atoms with E-state index in [4.69, 9.17) is 4.98 Å². The van der Waals surface area contributed by atoms with Crippen molar-refractivity contribution in [3.8, 4) is 10.9 Å². The van der Waals surface area contributed by atoms with E-state index < -0.39 is 0 Å². The van der Waals surface area contributed by atoms with Crippen LogP contribution >= 0.6 is 8.19 Å². The average Bonchev–Trinajstić information content (AvgIpc) is 3.11. The largest absolute Gasteiger partial charge is 0.301 e. The Morgan fingerprint density at radius 2 is 1.55 bits per heavy atom. The highest BCUT2D eigenvalue weighted by molar-refractivity contribution is 7.40. The highest BCUT2D eigenvalue weighted by atomic mass is 31.0. The Morgan fingerprint density at radius 3 is 2.38 bits per heavy atom. The molecular weight excluding hydrogens is 371 g/mol. The summed E-state index contributed by atoms with van der Waals surface area (Å²) in [5, 5.41) is 6.48. The Morgan fingerprint density at radius 1 is 0.793 bits per heavy atom. The molecule has 3 heterocycles. The third-order valence-electron chi connectivity index (χ3n) is 5.78. The molecule has 0 N–H and O–H groups in total. The molecule has 0 aliphatic carbocycles. The van der Waals surface area contributed by atoms with Crippen molar-refractivity contribution in [1.82, 2.24) is 9.38 Å². The van der Waals surface area contributed by atoms with E-state index >= 15 is 0 Å². The minimum atomic E-state index is -0.0128. The van der Waals surface area contributed by atoms with Gasteiger partial charge in [0.2, 0.25) is 0 Å². The van der Waals surface area contributed by atoms with Gasteiger partial charge < -0.3 is 4.40 Å². The monoisotopic (exact) mass is 392 g/mol. The molecule has 0 aliphatic rings. The Balaban J connectivity index is 1.77. The van der Waals surface area contributed by atoms with Gasteiger partial charge in [-0.05, 0) is 42.7 Å². The highest BCUT2D eigenvalue weighted by Crippen LogP contribution is 2.45. The quantitative estimate of drug-likeness (QED) is 0.279. The van der Waals surface area contributed by atoms with Crippen LogP contribution in [0.3, 0.4) is 0 Å². The first kappa shape index (κ1) is 16.9. The lowest BCUT2D eigenvalue weighted by Crippen LogP contribution is -2.15. The maximum atomic E-state index is 5.14. The van der Waals surface area contributed by atoms with E-state index in [0.29, 0.717) is 0 Å². The summed E-state index contributed by atoms with van der Waals surface area (Å²) in [6.45, 7) is 6.78. The lowest BCUT2D eigenvalue weighted by Gasteiger charge is -2.21. The Labute approximate surface area is 171 Å². The normalized spacial score (nSPS) is 12.9. The van der Waals surface area contributed by atoms with E-state index in [1.807, 2.05) is 0 Å². The molecule has 2 nitrogen and oxygen atoms in total. The fourth-order valence-corrected chi connectivity index (χ4v) is 5.95. The molecule has 0 radical (unpaired) electrons. The Hall–Kier alpha value is -2.96. The standard InChI is InChI=1S/C26H21N2P/c1-26(2,3)24-25-28-21(14-13-17-9-6-10-20(27-24)22(17)28)23(29-25)19-12-11-16-7-4-5-8-18(16)15-19/h4-15H,1-3H3. The van der Waals surface area contributed by atoms with Crippen LogP contribution in [0, 0.1) is 0 Å². The van der Waals surface area contributed by atoms with Crippen LogP contribution in [0.5, 0.6) is 0 Å². The second-order valence-corrected chi connectivity index (χ2v) is 9.92. The number of pyridine rings is 1. The molecule has 0 aliphatic heterocycles. The van der Waals surface area contributed by atoms with Crippen molar-refractivity contribution in [2.75, 3.05) is 0 Å². The second-order valence-electron chi connectivity index (χ2n) is 8.83. The maximum Gasteiger partial charge on any atom is 0.0964 e. The first-order chi connectivity index (χ1) is 14.0. The molecule has 0 atom stereocenters. The number of rotatable bonds is 1. The van der Waals surface area contributed by atoms with Crippen molar-refractivity contribution in [2.24, 2.45) is 0 Å². The first-order valence-corrected chi connectivity index (χ1v) is 10.9. The third-order valence-corrected chi connectivity index (χ3v) is 7.12. The summed E-state index contributed by atoms with van der Waals surface area (Å²) in [4.78, 5) is 5.14. The van der Waals surface area contributed by atoms with Gasteiger partial charge in [-0.2, -0.15) is 0 Å². The zero-order valence-electron chi connectivity index (χ0n) is 16.8. The molecule has 0 amide bonds. The van der Waals surface area contributed by atoms with Gasteiger partial charge in [-0.3, -0.25) is 0 Å². The van der Waals surface area contributed by atoms with E-state index in [0.717, 1.165) is 5.52 Å². The van der Waals surface area contributed by atoms with E-state index in [1.54, 1.807) is 0 Å². The topological polar surface area (TPSA) is 17.3 Å². The summed E-state index contributed by atoms with van der Waals surface area (Å²) in [5.41, 5.74) is 6.06. The van der Waals surface area contributed by atoms with Crippen LogP contribution < -0.4 is 0 Å². The number of nitrogens with zero attached hydrogens (tertiary/aromatic N) is 2. The number of aromatic nitrogens is 2. The fraction of sp³-hybridized carbons (Fsp3) is 0.154. The van der Waals surface area contributed by atoms with Crippen molar-refractivity contribution < 1.29 is 0 Å². The molecule has 0 fully saturated rings. The number of benzene rings is 3. The summed E-state index contributed by atoms with van der Waals surface area (Å²) < 4.78 is 2.46. The van der Waals surface area contributed by atoms with Crippen molar-refractivity contribution in [3.05, 3.63) is 78.5 Å². The van der Waals surface area contributed by atoms with Crippen molar-refractivity contribution >= 4 is 46.1 Å². The van der Waals surface area contributed by atoms with E-state index in [1.165, 1.54) is 57.2 Å². The van der Waals surface area contributed by atoms with Gasteiger partial charge in [0.1, 0.15) is 0 Å². The summed E-state index contributed by atoms with van der Waals surface area (Å²) in [7, 11) is 1.23. The molecule has 0 saturated heterocycles. The lowest BCUT2D eigenvalue weighted by molar-refractivity contribution is 0.576. The predicted octanol–water partition coefficient (Wildman–Crippen LogP) is 7.78. The van der Waals surface area contributed by atoms with Gasteiger partial charge >= 0.3 is 0 Å². The number of hydrogen-bond donors (Lipinski definition) is 0. The van der Waals surface area contributed by atoms with Gasteiger partial charge in [0.15, 0.2) is 0 Å². The average molecular weight is 392 g/mol. The summed E-state index contributed by atoms with van der Waals surface area (Å²) >= 11 is 0. The predicted molar refractivity (Wildman–Crippen MR) is 126 cm³/mol. The summed E-state index contributed by atoms with van der Waals surface area (Å²) in [6, 6.07) is 26.4. The maximum absolute atomic E-state index is 5.14. The smallest absolute Gasteiger partial charge is 0.0964 e.